The van der Waals surface area contributed by atoms with Crippen LogP contribution in [0.2, 0.25) is 0 Å². The lowest BCUT2D eigenvalue weighted by atomic mass is 10.2. The first-order valence-electron chi connectivity index (χ1n) is 3.11. The Morgan fingerprint density at radius 3 is 2.58 bits per heavy atom. The van der Waals surface area contributed by atoms with Crippen LogP contribution in [0.1, 0.15) is 6.42 Å². The van der Waals surface area contributed by atoms with E-state index >= 15 is 0 Å². The molecule has 0 aromatic heterocycles. The molecule has 6 nitrogen and oxygen atoms in total. The average Bonchev–Trinajstić information content (AvgIpc) is 2.01. The Labute approximate surface area is 68.5 Å². The summed E-state index contributed by atoms with van der Waals surface area (Å²) in [5.74, 6) is -1.95. The normalized spacial score (nSPS) is 11.4. The fourth-order valence-corrected chi connectivity index (χ4v) is 0.609. The third-order valence-electron chi connectivity index (χ3n) is 1.13. The van der Waals surface area contributed by atoms with E-state index in [4.69, 9.17) is 5.11 Å². The lowest BCUT2D eigenvalue weighted by Crippen LogP contribution is -2.38. The third-order valence-corrected chi connectivity index (χ3v) is 1.13. The molecule has 1 atom stereocenters. The van der Waals surface area contributed by atoms with Gasteiger partial charge in [-0.05, 0) is 0 Å². The molecule has 0 bridgehead atoms. The number of methoxy groups -OCH3 is 1. The van der Waals surface area contributed by atoms with Gasteiger partial charge in [0, 0.05) is 0 Å². The zero-order valence-corrected chi connectivity index (χ0v) is 6.44. The number of aliphatic carboxylic acids is 1. The van der Waals surface area contributed by atoms with Crippen LogP contribution in [0, 0.1) is 0 Å². The van der Waals surface area contributed by atoms with Crippen LogP contribution in [0.3, 0.4) is 0 Å². The minimum atomic E-state index is -1.18. The molecule has 0 rings (SSSR count). The summed E-state index contributed by atoms with van der Waals surface area (Å²) in [4.78, 5) is 30.8. The van der Waals surface area contributed by atoms with Crippen molar-refractivity contribution >= 4 is 18.3 Å². The molecule has 0 heterocycles. The van der Waals surface area contributed by atoms with E-state index in [0.717, 1.165) is 7.11 Å². The Bertz CT molecular complexity index is 190. The summed E-state index contributed by atoms with van der Waals surface area (Å²) in [6.45, 7) is 0. The molecule has 2 N–H and O–H groups in total. The highest BCUT2D eigenvalue weighted by molar-refractivity contribution is 5.83. The van der Waals surface area contributed by atoms with Crippen LogP contribution in [-0.4, -0.2) is 36.6 Å². The highest BCUT2D eigenvalue weighted by Gasteiger charge is 2.20. The fourth-order valence-electron chi connectivity index (χ4n) is 0.609. The average molecular weight is 175 g/mol. The lowest BCUT2D eigenvalue weighted by Gasteiger charge is -2.09. The number of hydrogen-bond donors (Lipinski definition) is 2. The standard InChI is InChI=1S/C6H9NO5/c1-12-6(11)4(7-3-8)2-5(9)10/h3-4H,2H2,1H3,(H,7,8)(H,9,10)/t4-/m0/s1. The molecule has 6 heteroatoms. The Kier molecular flexibility index (Phi) is 4.43. The van der Waals surface area contributed by atoms with Crippen LogP contribution in [0.5, 0.6) is 0 Å². The predicted molar refractivity (Wildman–Crippen MR) is 37.3 cm³/mol. The van der Waals surface area contributed by atoms with E-state index in [0.29, 0.717) is 0 Å². The second-order valence-electron chi connectivity index (χ2n) is 1.96. The van der Waals surface area contributed by atoms with Crippen LogP contribution >= 0.6 is 0 Å². The summed E-state index contributed by atoms with van der Waals surface area (Å²) in [6.07, 6.45) is -0.226. The third kappa shape index (κ3) is 3.55. The van der Waals surface area contributed by atoms with Gasteiger partial charge in [-0.2, -0.15) is 0 Å². The number of hydrogen-bond acceptors (Lipinski definition) is 4. The van der Waals surface area contributed by atoms with E-state index < -0.39 is 24.4 Å². The predicted octanol–water partition coefficient (Wildman–Crippen LogP) is -1.25. The van der Waals surface area contributed by atoms with Crippen molar-refractivity contribution in [3.63, 3.8) is 0 Å². The molecule has 0 saturated heterocycles. The molecule has 0 aromatic rings. The lowest BCUT2D eigenvalue weighted by molar-refractivity contribution is -0.148. The number of carbonyl (C=O) groups is 3. The number of carbonyl (C=O) groups excluding carboxylic acids is 2. The molecule has 0 spiro atoms. The van der Waals surface area contributed by atoms with Gasteiger partial charge in [-0.1, -0.05) is 0 Å². The first-order valence-corrected chi connectivity index (χ1v) is 3.11. The number of nitrogens with one attached hydrogen (secondary N) is 1. The van der Waals surface area contributed by atoms with Crippen molar-refractivity contribution in [3.8, 4) is 0 Å². The van der Waals surface area contributed by atoms with E-state index in [1.807, 2.05) is 5.32 Å². The maximum absolute atomic E-state index is 10.7. The SMILES string of the molecule is COC(=O)[C@H](CC(=O)O)NC=O. The molecule has 1 amide bonds. The summed E-state index contributed by atoms with van der Waals surface area (Å²) in [5, 5.41) is 10.3. The first-order chi connectivity index (χ1) is 5.61. The maximum Gasteiger partial charge on any atom is 0.328 e. The second kappa shape index (κ2) is 5.11. The van der Waals surface area contributed by atoms with Gasteiger partial charge in [0.1, 0.15) is 6.04 Å². The summed E-state index contributed by atoms with van der Waals surface area (Å²) < 4.78 is 4.24. The largest absolute Gasteiger partial charge is 0.481 e. The number of carboxylic acid groups (broad SMARTS) is 1. The summed E-state index contributed by atoms with van der Waals surface area (Å²) in [7, 11) is 1.11. The van der Waals surface area contributed by atoms with Gasteiger partial charge in [-0.25, -0.2) is 4.79 Å². The quantitative estimate of drug-likeness (QED) is 0.402. The van der Waals surface area contributed by atoms with Crippen molar-refractivity contribution in [1.82, 2.24) is 5.32 Å². The maximum atomic E-state index is 10.7. The van der Waals surface area contributed by atoms with Crippen LogP contribution in [0.15, 0.2) is 0 Å². The first kappa shape index (κ1) is 10.4. The highest BCUT2D eigenvalue weighted by atomic mass is 16.5. The van der Waals surface area contributed by atoms with Crippen molar-refractivity contribution in [2.45, 2.75) is 12.5 Å². The Hall–Kier alpha value is -1.59. The van der Waals surface area contributed by atoms with E-state index in [9.17, 15) is 14.4 Å². The number of rotatable bonds is 5. The molecular formula is C6H9NO5. The van der Waals surface area contributed by atoms with Crippen LogP contribution in [-0.2, 0) is 19.1 Å². The van der Waals surface area contributed by atoms with Crippen molar-refractivity contribution in [2.24, 2.45) is 0 Å². The number of esters is 1. The Morgan fingerprint density at radius 2 is 2.25 bits per heavy atom. The molecule has 0 aliphatic rings. The molecule has 12 heavy (non-hydrogen) atoms. The molecule has 68 valence electrons. The minimum Gasteiger partial charge on any atom is -0.481 e. The minimum absolute atomic E-state index is 0.254. The zero-order valence-electron chi connectivity index (χ0n) is 6.44. The van der Waals surface area contributed by atoms with Gasteiger partial charge in [-0.3, -0.25) is 9.59 Å². The van der Waals surface area contributed by atoms with Gasteiger partial charge in [0.2, 0.25) is 6.41 Å². The molecule has 0 saturated carbocycles. The van der Waals surface area contributed by atoms with Crippen LogP contribution in [0.4, 0.5) is 0 Å². The number of carboxylic acids is 1. The van der Waals surface area contributed by atoms with E-state index in [2.05, 4.69) is 4.74 Å². The van der Waals surface area contributed by atoms with Crippen molar-refractivity contribution in [2.75, 3.05) is 7.11 Å². The molecular weight excluding hydrogens is 166 g/mol. The molecule has 0 fully saturated rings. The molecule has 0 aromatic carbocycles. The Balaban J connectivity index is 4.11. The summed E-state index contributed by atoms with van der Waals surface area (Å²) >= 11 is 0. The number of amides is 1. The monoisotopic (exact) mass is 175 g/mol. The van der Waals surface area contributed by atoms with Crippen LogP contribution in [0.25, 0.3) is 0 Å². The number of ether oxygens (including phenoxy) is 1. The topological polar surface area (TPSA) is 92.7 Å². The highest BCUT2D eigenvalue weighted by Crippen LogP contribution is 1.93. The Morgan fingerprint density at radius 1 is 1.67 bits per heavy atom. The summed E-state index contributed by atoms with van der Waals surface area (Å²) in [6, 6.07) is -1.11. The van der Waals surface area contributed by atoms with Gasteiger partial charge in [0.25, 0.3) is 0 Å². The molecule has 0 radical (unpaired) electrons. The van der Waals surface area contributed by atoms with E-state index in [1.165, 1.54) is 0 Å². The van der Waals surface area contributed by atoms with Crippen LogP contribution < -0.4 is 5.32 Å². The van der Waals surface area contributed by atoms with Gasteiger partial charge in [0.15, 0.2) is 0 Å². The van der Waals surface area contributed by atoms with E-state index in [-0.39, 0.29) is 6.41 Å². The van der Waals surface area contributed by atoms with Gasteiger partial charge in [-0.15, -0.1) is 0 Å². The molecule has 0 unspecified atom stereocenters. The van der Waals surface area contributed by atoms with Crippen molar-refractivity contribution in [3.05, 3.63) is 0 Å². The van der Waals surface area contributed by atoms with Gasteiger partial charge >= 0.3 is 11.9 Å². The smallest absolute Gasteiger partial charge is 0.328 e. The molecule has 0 aliphatic carbocycles. The zero-order chi connectivity index (χ0) is 9.56. The van der Waals surface area contributed by atoms with E-state index in [1.54, 1.807) is 0 Å². The van der Waals surface area contributed by atoms with Crippen molar-refractivity contribution < 1.29 is 24.2 Å². The van der Waals surface area contributed by atoms with Gasteiger partial charge in [0.05, 0.1) is 13.5 Å². The summed E-state index contributed by atoms with van der Waals surface area (Å²) in [5.41, 5.74) is 0. The van der Waals surface area contributed by atoms with Crippen molar-refractivity contribution in [1.29, 1.82) is 0 Å². The fraction of sp³-hybridized carbons (Fsp3) is 0.500. The second-order valence-corrected chi connectivity index (χ2v) is 1.96. The van der Waals surface area contributed by atoms with Gasteiger partial charge < -0.3 is 15.2 Å². The molecule has 0 aliphatic heterocycles.